The molecule has 0 aliphatic heterocycles. The molecule has 3 N–H and O–H groups in total. The van der Waals surface area contributed by atoms with Crippen molar-refractivity contribution in [3.05, 3.63) is 47.0 Å². The molecular weight excluding hydrogens is 318 g/mol. The summed E-state index contributed by atoms with van der Waals surface area (Å²) >= 11 is 1.12. The van der Waals surface area contributed by atoms with Crippen LogP contribution in [-0.4, -0.2) is 40.8 Å². The van der Waals surface area contributed by atoms with Crippen LogP contribution >= 0.6 is 11.3 Å². The molecule has 0 spiro atoms. The van der Waals surface area contributed by atoms with Gasteiger partial charge in [-0.25, -0.2) is 9.78 Å². The largest absolute Gasteiger partial charge is 0.480 e. The molecule has 1 unspecified atom stereocenters. The highest BCUT2D eigenvalue weighted by molar-refractivity contribution is 7.17. The highest BCUT2D eigenvalue weighted by atomic mass is 32.1. The minimum absolute atomic E-state index is 0.121. The van der Waals surface area contributed by atoms with E-state index >= 15 is 0 Å². The molecule has 0 aliphatic carbocycles. The topological polar surface area (TPSA) is 108 Å². The fourth-order valence-corrected chi connectivity index (χ4v) is 2.50. The summed E-state index contributed by atoms with van der Waals surface area (Å²) in [5, 5.41) is 14.9. The van der Waals surface area contributed by atoms with Gasteiger partial charge in [0.2, 0.25) is 5.91 Å². The number of benzene rings is 1. The molecule has 8 heteroatoms. The summed E-state index contributed by atoms with van der Waals surface area (Å²) in [4.78, 5) is 38.1. The molecule has 1 amide bonds. The van der Waals surface area contributed by atoms with Crippen molar-refractivity contribution in [1.29, 1.82) is 0 Å². The number of carbonyl (C=O) groups is 3. The summed E-state index contributed by atoms with van der Waals surface area (Å²) in [7, 11) is 0. The average molecular weight is 333 g/mol. The fraction of sp³-hybridized carbons (Fsp3) is 0.200. The summed E-state index contributed by atoms with van der Waals surface area (Å²) in [5.41, 5.74) is 0.823. The van der Waals surface area contributed by atoms with Crippen LogP contribution in [0.25, 0.3) is 0 Å². The molecule has 1 aromatic heterocycles. The minimum Gasteiger partial charge on any atom is -0.480 e. The minimum atomic E-state index is -1.10. The van der Waals surface area contributed by atoms with Gasteiger partial charge in [-0.3, -0.25) is 9.59 Å². The number of nitrogens with one attached hydrogen (secondary N) is 2. The number of carboxylic acids is 1. The van der Waals surface area contributed by atoms with Crippen LogP contribution < -0.4 is 10.6 Å². The van der Waals surface area contributed by atoms with Crippen LogP contribution in [0.5, 0.6) is 0 Å². The van der Waals surface area contributed by atoms with Gasteiger partial charge in [-0.05, 0) is 5.56 Å². The first-order valence-corrected chi connectivity index (χ1v) is 7.61. The van der Waals surface area contributed by atoms with Gasteiger partial charge in [0, 0.05) is 6.42 Å². The van der Waals surface area contributed by atoms with Gasteiger partial charge in [0.1, 0.15) is 6.04 Å². The van der Waals surface area contributed by atoms with E-state index in [9.17, 15) is 19.5 Å². The van der Waals surface area contributed by atoms with E-state index in [0.29, 0.717) is 16.3 Å². The molecule has 0 saturated heterocycles. The number of hydrogen-bond acceptors (Lipinski definition) is 6. The fourth-order valence-electron chi connectivity index (χ4n) is 1.87. The zero-order chi connectivity index (χ0) is 16.7. The Balaban J connectivity index is 1.87. The first-order valence-electron chi connectivity index (χ1n) is 6.79. The van der Waals surface area contributed by atoms with E-state index in [4.69, 9.17) is 0 Å². The third kappa shape index (κ3) is 5.19. The number of thiazole rings is 1. The molecule has 7 nitrogen and oxygen atoms in total. The molecule has 0 saturated carbocycles. The van der Waals surface area contributed by atoms with Gasteiger partial charge in [-0.2, -0.15) is 0 Å². The highest BCUT2D eigenvalue weighted by Crippen LogP contribution is 2.15. The lowest BCUT2D eigenvalue weighted by Crippen LogP contribution is -2.44. The van der Waals surface area contributed by atoms with Crippen LogP contribution in [0.2, 0.25) is 0 Å². The Kier molecular flexibility index (Phi) is 5.81. The van der Waals surface area contributed by atoms with Gasteiger partial charge < -0.3 is 15.7 Å². The molecule has 0 bridgehead atoms. The molecule has 1 heterocycles. The van der Waals surface area contributed by atoms with Gasteiger partial charge >= 0.3 is 5.97 Å². The molecule has 1 atom stereocenters. The molecule has 2 rings (SSSR count). The van der Waals surface area contributed by atoms with E-state index in [1.54, 1.807) is 12.1 Å². The second-order valence-corrected chi connectivity index (χ2v) is 5.75. The van der Waals surface area contributed by atoms with Crippen molar-refractivity contribution in [2.75, 3.05) is 11.9 Å². The number of anilines is 1. The van der Waals surface area contributed by atoms with Crippen molar-refractivity contribution >= 4 is 34.6 Å². The predicted molar refractivity (Wildman–Crippen MR) is 85.7 cm³/mol. The molecule has 0 radical (unpaired) electrons. The maximum Gasteiger partial charge on any atom is 0.326 e. The molecule has 120 valence electrons. The van der Waals surface area contributed by atoms with Crippen molar-refractivity contribution in [1.82, 2.24) is 10.3 Å². The highest BCUT2D eigenvalue weighted by Gasteiger charge is 2.20. The first-order chi connectivity index (χ1) is 11.1. The Morgan fingerprint density at radius 2 is 2.04 bits per heavy atom. The van der Waals surface area contributed by atoms with E-state index in [0.717, 1.165) is 16.9 Å². The number of aldehydes is 1. The maximum atomic E-state index is 11.9. The van der Waals surface area contributed by atoms with Crippen LogP contribution in [0.3, 0.4) is 0 Å². The predicted octanol–water partition coefficient (Wildman–Crippen LogP) is 1.18. The van der Waals surface area contributed by atoms with Crippen molar-refractivity contribution in [2.45, 2.75) is 12.5 Å². The normalized spacial score (nSPS) is 11.5. The molecule has 23 heavy (non-hydrogen) atoms. The Hall–Kier alpha value is -2.74. The van der Waals surface area contributed by atoms with Crippen LogP contribution in [0, 0.1) is 0 Å². The first kappa shape index (κ1) is 16.6. The number of aromatic nitrogens is 1. The second-order valence-electron chi connectivity index (χ2n) is 4.69. The smallest absolute Gasteiger partial charge is 0.326 e. The van der Waals surface area contributed by atoms with Crippen LogP contribution in [-0.2, 0) is 16.0 Å². The van der Waals surface area contributed by atoms with Crippen molar-refractivity contribution in [3.63, 3.8) is 0 Å². The third-order valence-corrected chi connectivity index (χ3v) is 3.84. The van der Waals surface area contributed by atoms with E-state index in [2.05, 4.69) is 15.6 Å². The number of hydrogen-bond donors (Lipinski definition) is 3. The third-order valence-electron chi connectivity index (χ3n) is 2.96. The number of nitrogens with zero attached hydrogens (tertiary/aromatic N) is 1. The summed E-state index contributed by atoms with van der Waals surface area (Å²) < 4.78 is 0. The summed E-state index contributed by atoms with van der Waals surface area (Å²) in [6.45, 7) is -0.121. The summed E-state index contributed by atoms with van der Waals surface area (Å²) in [6, 6.07) is 8.06. The monoisotopic (exact) mass is 333 g/mol. The SMILES string of the molecule is O=Cc1cnc(NCC(=O)NC(Cc2ccccc2)C(=O)O)s1. The zero-order valence-electron chi connectivity index (χ0n) is 12.1. The number of rotatable bonds is 8. The Bertz CT molecular complexity index is 687. The lowest BCUT2D eigenvalue weighted by molar-refractivity contribution is -0.141. The van der Waals surface area contributed by atoms with Gasteiger partial charge in [0.15, 0.2) is 11.4 Å². The van der Waals surface area contributed by atoms with Crippen LogP contribution in [0.4, 0.5) is 5.13 Å². The number of aliphatic carboxylic acids is 1. The molecule has 0 fully saturated rings. The van der Waals surface area contributed by atoms with Crippen LogP contribution in [0.15, 0.2) is 36.5 Å². The van der Waals surface area contributed by atoms with Gasteiger partial charge in [-0.1, -0.05) is 41.7 Å². The maximum absolute atomic E-state index is 11.9. The van der Waals surface area contributed by atoms with Gasteiger partial charge in [0.05, 0.1) is 17.6 Å². The lowest BCUT2D eigenvalue weighted by atomic mass is 10.1. The van der Waals surface area contributed by atoms with Gasteiger partial charge in [0.25, 0.3) is 0 Å². The zero-order valence-corrected chi connectivity index (χ0v) is 12.9. The van der Waals surface area contributed by atoms with E-state index in [1.807, 2.05) is 18.2 Å². The molecule has 1 aromatic carbocycles. The van der Waals surface area contributed by atoms with Gasteiger partial charge in [-0.15, -0.1) is 0 Å². The van der Waals surface area contributed by atoms with E-state index in [-0.39, 0.29) is 13.0 Å². The quantitative estimate of drug-likeness (QED) is 0.626. The average Bonchev–Trinajstić information content (AvgIpc) is 3.01. The van der Waals surface area contributed by atoms with Crippen molar-refractivity contribution in [3.8, 4) is 0 Å². The molecule has 2 aromatic rings. The Morgan fingerprint density at radius 3 is 2.65 bits per heavy atom. The van der Waals surface area contributed by atoms with Crippen molar-refractivity contribution in [2.24, 2.45) is 0 Å². The standard InChI is InChI=1S/C15H15N3O4S/c19-9-11-7-16-15(23-11)17-8-13(20)18-12(14(21)22)6-10-4-2-1-3-5-10/h1-5,7,9,12H,6,8H2,(H,16,17)(H,18,20)(H,21,22). The Labute approximate surface area is 136 Å². The summed E-state index contributed by atoms with van der Waals surface area (Å²) in [5.74, 6) is -1.56. The second kappa shape index (κ2) is 8.04. The molecular formula is C15H15N3O4S. The number of carbonyl (C=O) groups excluding carboxylic acids is 2. The number of amides is 1. The van der Waals surface area contributed by atoms with Crippen molar-refractivity contribution < 1.29 is 19.5 Å². The Morgan fingerprint density at radius 1 is 1.30 bits per heavy atom. The van der Waals surface area contributed by atoms with Crippen LogP contribution in [0.1, 0.15) is 15.2 Å². The summed E-state index contributed by atoms with van der Waals surface area (Å²) in [6.07, 6.45) is 2.27. The number of carboxylic acid groups (broad SMARTS) is 1. The van der Waals surface area contributed by atoms with E-state index < -0.39 is 17.9 Å². The van der Waals surface area contributed by atoms with E-state index in [1.165, 1.54) is 6.20 Å². The lowest BCUT2D eigenvalue weighted by Gasteiger charge is -2.14. The molecule has 0 aliphatic rings.